The summed E-state index contributed by atoms with van der Waals surface area (Å²) >= 11 is 0. The third-order valence-corrected chi connectivity index (χ3v) is 1.31. The molecule has 0 aromatic carbocycles. The minimum atomic E-state index is 0.856. The second kappa shape index (κ2) is 6.46. The fourth-order valence-corrected chi connectivity index (χ4v) is 0.856. The van der Waals surface area contributed by atoms with Crippen molar-refractivity contribution in [1.82, 2.24) is 5.01 Å². The lowest BCUT2D eigenvalue weighted by Gasteiger charge is -2.09. The predicted octanol–water partition coefficient (Wildman–Crippen LogP) is 2.84. The van der Waals surface area contributed by atoms with Gasteiger partial charge in [-0.2, -0.15) is 5.10 Å². The Labute approximate surface area is 81.6 Å². The van der Waals surface area contributed by atoms with Crippen molar-refractivity contribution in [2.45, 2.75) is 27.7 Å². The fraction of sp³-hybridized carbons (Fsp3) is 0.545. The van der Waals surface area contributed by atoms with E-state index in [0.29, 0.717) is 0 Å². The number of hydrazone groups is 1. The summed E-state index contributed by atoms with van der Waals surface area (Å²) in [5.41, 5.74) is 2.40. The molecule has 0 heterocycles. The quantitative estimate of drug-likeness (QED) is 0.369. The van der Waals surface area contributed by atoms with Crippen LogP contribution in [0.25, 0.3) is 0 Å². The van der Waals surface area contributed by atoms with Gasteiger partial charge in [0.05, 0.1) is 6.54 Å². The maximum Gasteiger partial charge on any atom is 0.0540 e. The van der Waals surface area contributed by atoms with Crippen molar-refractivity contribution >= 4 is 5.71 Å². The largest absolute Gasteiger partial charge is 0.296 e. The van der Waals surface area contributed by atoms with Crippen LogP contribution in [0.15, 0.2) is 28.9 Å². The van der Waals surface area contributed by atoms with Gasteiger partial charge in [-0.1, -0.05) is 23.8 Å². The molecule has 2 heteroatoms. The first-order valence-corrected chi connectivity index (χ1v) is 4.55. The van der Waals surface area contributed by atoms with Crippen molar-refractivity contribution in [1.29, 1.82) is 0 Å². The smallest absolute Gasteiger partial charge is 0.0540 e. The van der Waals surface area contributed by atoms with Gasteiger partial charge >= 0.3 is 0 Å². The molecule has 0 aromatic rings. The molecule has 0 aromatic heterocycles. The van der Waals surface area contributed by atoms with Crippen LogP contribution in [-0.2, 0) is 0 Å². The van der Waals surface area contributed by atoms with E-state index in [1.807, 2.05) is 25.9 Å². The van der Waals surface area contributed by atoms with Crippen LogP contribution in [0.5, 0.6) is 0 Å². The van der Waals surface area contributed by atoms with Crippen molar-refractivity contribution in [2.24, 2.45) is 5.10 Å². The van der Waals surface area contributed by atoms with E-state index in [4.69, 9.17) is 0 Å². The first-order chi connectivity index (χ1) is 6.02. The molecule has 0 aliphatic rings. The first-order valence-electron chi connectivity index (χ1n) is 4.55. The highest BCUT2D eigenvalue weighted by atomic mass is 15.4. The standard InChI is InChI=1S/C11H20N2/c1-10(2)8-6-7-9-13(5)12-11(3)4/h6-8H,9H2,1-5H3. The molecule has 0 aliphatic heterocycles. The Morgan fingerprint density at radius 3 is 2.31 bits per heavy atom. The monoisotopic (exact) mass is 180 g/mol. The van der Waals surface area contributed by atoms with Crippen LogP contribution in [0.3, 0.4) is 0 Å². The summed E-state index contributed by atoms with van der Waals surface area (Å²) in [5, 5.41) is 6.19. The van der Waals surface area contributed by atoms with Crippen LogP contribution in [0.1, 0.15) is 27.7 Å². The van der Waals surface area contributed by atoms with Gasteiger partial charge in [0, 0.05) is 12.8 Å². The maximum absolute atomic E-state index is 4.27. The van der Waals surface area contributed by atoms with Gasteiger partial charge in [-0.25, -0.2) is 0 Å². The zero-order chi connectivity index (χ0) is 10.3. The van der Waals surface area contributed by atoms with Crippen LogP contribution in [0.2, 0.25) is 0 Å². The highest BCUT2D eigenvalue weighted by molar-refractivity contribution is 5.78. The minimum absolute atomic E-state index is 0.856. The molecule has 0 atom stereocenters. The topological polar surface area (TPSA) is 15.6 Å². The molecule has 0 bridgehead atoms. The first kappa shape index (κ1) is 11.9. The average molecular weight is 180 g/mol. The SMILES string of the molecule is CC(C)=CC=CCN(C)N=C(C)C. The van der Waals surface area contributed by atoms with Crippen LogP contribution in [-0.4, -0.2) is 24.3 Å². The number of nitrogens with zero attached hydrogens (tertiary/aromatic N) is 2. The highest BCUT2D eigenvalue weighted by Gasteiger charge is 1.86. The van der Waals surface area contributed by atoms with Crippen molar-refractivity contribution in [3.05, 3.63) is 23.8 Å². The van der Waals surface area contributed by atoms with Gasteiger partial charge in [-0.3, -0.25) is 5.01 Å². The molecule has 0 fully saturated rings. The Hall–Kier alpha value is -1.05. The fourth-order valence-electron chi connectivity index (χ4n) is 0.856. The molecule has 13 heavy (non-hydrogen) atoms. The zero-order valence-corrected chi connectivity index (χ0v) is 9.33. The second-order valence-electron chi connectivity index (χ2n) is 3.56. The van der Waals surface area contributed by atoms with E-state index in [-0.39, 0.29) is 0 Å². The van der Waals surface area contributed by atoms with Crippen LogP contribution >= 0.6 is 0 Å². The van der Waals surface area contributed by atoms with Gasteiger partial charge in [-0.15, -0.1) is 0 Å². The van der Waals surface area contributed by atoms with Gasteiger partial charge in [0.2, 0.25) is 0 Å². The van der Waals surface area contributed by atoms with Crippen molar-refractivity contribution < 1.29 is 0 Å². The Bertz CT molecular complexity index is 216. The van der Waals surface area contributed by atoms with Crippen LogP contribution in [0, 0.1) is 0 Å². The van der Waals surface area contributed by atoms with E-state index >= 15 is 0 Å². The molecule has 0 rings (SSSR count). The summed E-state index contributed by atoms with van der Waals surface area (Å²) in [4.78, 5) is 0. The van der Waals surface area contributed by atoms with E-state index < -0.39 is 0 Å². The van der Waals surface area contributed by atoms with Crippen molar-refractivity contribution in [2.75, 3.05) is 13.6 Å². The number of allylic oxidation sites excluding steroid dienone is 3. The van der Waals surface area contributed by atoms with Crippen LogP contribution < -0.4 is 0 Å². The molecule has 2 nitrogen and oxygen atoms in total. The molecule has 0 N–H and O–H groups in total. The third kappa shape index (κ3) is 8.86. The minimum Gasteiger partial charge on any atom is -0.296 e. The number of hydrogen-bond donors (Lipinski definition) is 0. The maximum atomic E-state index is 4.27. The van der Waals surface area contributed by atoms with Gasteiger partial charge in [0.25, 0.3) is 0 Å². The molecule has 0 amide bonds. The number of hydrogen-bond acceptors (Lipinski definition) is 2. The van der Waals surface area contributed by atoms with Gasteiger partial charge in [0.15, 0.2) is 0 Å². The Balaban J connectivity index is 3.83. The lowest BCUT2D eigenvalue weighted by atomic mass is 10.3. The van der Waals surface area contributed by atoms with Gasteiger partial charge in [-0.05, 0) is 27.7 Å². The molecule has 0 spiro atoms. The summed E-state index contributed by atoms with van der Waals surface area (Å²) in [5.74, 6) is 0. The lowest BCUT2D eigenvalue weighted by molar-refractivity contribution is 0.394. The average Bonchev–Trinajstić information content (AvgIpc) is 1.96. The van der Waals surface area contributed by atoms with Crippen LogP contribution in [0.4, 0.5) is 0 Å². The normalized spacial score (nSPS) is 9.92. The van der Waals surface area contributed by atoms with Gasteiger partial charge < -0.3 is 0 Å². The predicted molar refractivity (Wildman–Crippen MR) is 60.0 cm³/mol. The zero-order valence-electron chi connectivity index (χ0n) is 9.33. The Morgan fingerprint density at radius 1 is 1.23 bits per heavy atom. The summed E-state index contributed by atoms with van der Waals surface area (Å²) in [7, 11) is 1.97. The Kier molecular flexibility index (Phi) is 5.94. The molecule has 74 valence electrons. The lowest BCUT2D eigenvalue weighted by Crippen LogP contribution is -2.11. The summed E-state index contributed by atoms with van der Waals surface area (Å²) in [6.07, 6.45) is 6.25. The molecular weight excluding hydrogens is 160 g/mol. The number of likely N-dealkylation sites (N-methyl/N-ethyl adjacent to an activating group) is 1. The second-order valence-corrected chi connectivity index (χ2v) is 3.56. The summed E-state index contributed by atoms with van der Waals surface area (Å²) in [6.45, 7) is 9.02. The third-order valence-electron chi connectivity index (χ3n) is 1.31. The molecule has 0 radical (unpaired) electrons. The molecule has 0 saturated heterocycles. The summed E-state index contributed by atoms with van der Waals surface area (Å²) in [6, 6.07) is 0. The molecule has 0 unspecified atom stereocenters. The summed E-state index contributed by atoms with van der Waals surface area (Å²) < 4.78 is 0. The molecular formula is C11H20N2. The van der Waals surface area contributed by atoms with E-state index in [2.05, 4.69) is 37.2 Å². The van der Waals surface area contributed by atoms with E-state index in [9.17, 15) is 0 Å². The van der Waals surface area contributed by atoms with E-state index in [1.165, 1.54) is 5.57 Å². The van der Waals surface area contributed by atoms with E-state index in [0.717, 1.165) is 12.3 Å². The molecule has 0 saturated carbocycles. The highest BCUT2D eigenvalue weighted by Crippen LogP contribution is 1.91. The van der Waals surface area contributed by atoms with Gasteiger partial charge in [0.1, 0.15) is 0 Å². The van der Waals surface area contributed by atoms with Crippen molar-refractivity contribution in [3.8, 4) is 0 Å². The molecule has 0 aliphatic carbocycles. The number of rotatable bonds is 4. The van der Waals surface area contributed by atoms with E-state index in [1.54, 1.807) is 0 Å². The van der Waals surface area contributed by atoms with Crippen molar-refractivity contribution in [3.63, 3.8) is 0 Å². The Morgan fingerprint density at radius 2 is 1.85 bits per heavy atom.